The lowest BCUT2D eigenvalue weighted by atomic mass is 10.1. The summed E-state index contributed by atoms with van der Waals surface area (Å²) in [6, 6.07) is 27.9. The third-order valence-corrected chi connectivity index (χ3v) is 7.04. The molecule has 0 saturated heterocycles. The average Bonchev–Trinajstić information content (AvgIpc) is 3.44. The van der Waals surface area contributed by atoms with Crippen LogP contribution in [0.1, 0.15) is 5.56 Å². The molecule has 4 aromatic rings. The molecule has 1 aliphatic heterocycles. The van der Waals surface area contributed by atoms with Crippen molar-refractivity contribution in [3.05, 3.63) is 95.8 Å². The number of aromatic nitrogens is 3. The number of thioether (sulfide) groups is 1. The fourth-order valence-corrected chi connectivity index (χ4v) is 5.23. The number of carbonyl (C=O) groups is 1. The minimum absolute atomic E-state index is 0.0587. The number of anilines is 2. The molecule has 0 saturated carbocycles. The Labute approximate surface area is 214 Å². The minimum atomic E-state index is -0.260. The summed E-state index contributed by atoms with van der Waals surface area (Å²) in [5.74, 6) is 1.07. The molecule has 36 heavy (non-hydrogen) atoms. The summed E-state index contributed by atoms with van der Waals surface area (Å²) in [7, 11) is 3.74. The van der Waals surface area contributed by atoms with Gasteiger partial charge >= 0.3 is 0 Å². The molecule has 178 valence electrons. The molecule has 8 heteroatoms. The summed E-state index contributed by atoms with van der Waals surface area (Å²) in [6.45, 7) is 2.04. The second kappa shape index (κ2) is 9.72. The largest absolute Gasteiger partial charge is 0.328 e. The van der Waals surface area contributed by atoms with Gasteiger partial charge in [-0.05, 0) is 37.3 Å². The van der Waals surface area contributed by atoms with Crippen LogP contribution in [0.15, 0.2) is 95.4 Å². The first-order valence-electron chi connectivity index (χ1n) is 11.4. The van der Waals surface area contributed by atoms with E-state index in [2.05, 4.69) is 22.3 Å². The highest BCUT2D eigenvalue weighted by Crippen LogP contribution is 2.40. The minimum Gasteiger partial charge on any atom is -0.328 e. The topological polar surface area (TPSA) is 78.0 Å². The van der Waals surface area contributed by atoms with Gasteiger partial charge in [-0.15, -0.1) is 10.2 Å². The molecule has 2 heterocycles. The maximum absolute atomic E-state index is 13.3. The smallest absolute Gasteiger partial charge is 0.196 e. The Morgan fingerprint density at radius 1 is 0.917 bits per heavy atom. The summed E-state index contributed by atoms with van der Waals surface area (Å²) in [4.78, 5) is 17.1. The Hall–Kier alpha value is -4.35. The van der Waals surface area contributed by atoms with Gasteiger partial charge in [0.1, 0.15) is 17.5 Å². The lowest BCUT2D eigenvalue weighted by Gasteiger charge is -2.19. The summed E-state index contributed by atoms with van der Waals surface area (Å²) in [6.07, 6.45) is 0. The van der Waals surface area contributed by atoms with Gasteiger partial charge in [0.25, 0.3) is 0 Å². The van der Waals surface area contributed by atoms with Crippen LogP contribution in [0, 0.1) is 18.3 Å². The van der Waals surface area contributed by atoms with Crippen LogP contribution < -0.4 is 9.80 Å². The molecular weight excluding hydrogens is 468 g/mol. The second-order valence-electron chi connectivity index (χ2n) is 8.48. The zero-order valence-electron chi connectivity index (χ0n) is 20.2. The molecule has 0 aliphatic carbocycles. The standard InChI is InChI=1S/C28H24N6OS/c1-19-10-9-11-20(16-19)26-30-31-28(34(26)21-12-5-4-6-13-21)36-18-25(35)22(17-29)27-32(2)23-14-7-8-15-24(23)33(27)3/h4-16H,18H2,1-3H3. The molecule has 0 spiro atoms. The first kappa shape index (κ1) is 23.4. The molecule has 0 atom stereocenters. The van der Waals surface area contributed by atoms with Crippen molar-refractivity contribution >= 4 is 28.9 Å². The van der Waals surface area contributed by atoms with Crippen molar-refractivity contribution in [1.82, 2.24) is 14.8 Å². The Morgan fingerprint density at radius 3 is 2.22 bits per heavy atom. The van der Waals surface area contributed by atoms with Gasteiger partial charge in [0.05, 0.1) is 17.1 Å². The van der Waals surface area contributed by atoms with Crippen molar-refractivity contribution in [2.45, 2.75) is 12.1 Å². The zero-order chi connectivity index (χ0) is 25.2. The maximum Gasteiger partial charge on any atom is 0.196 e. The van der Waals surface area contributed by atoms with Crippen LogP contribution in [-0.2, 0) is 4.79 Å². The summed E-state index contributed by atoms with van der Waals surface area (Å²) in [5.41, 5.74) is 4.99. The molecular formula is C28H24N6OS. The molecule has 0 fully saturated rings. The van der Waals surface area contributed by atoms with E-state index in [9.17, 15) is 10.1 Å². The number of hydrogen-bond acceptors (Lipinski definition) is 7. The number of nitrogens with zero attached hydrogens (tertiary/aromatic N) is 6. The van der Waals surface area contributed by atoms with E-state index < -0.39 is 0 Å². The maximum atomic E-state index is 13.3. The SMILES string of the molecule is Cc1cccc(-c2nnc(SCC(=O)C(C#N)=C3N(C)c4ccccc4N3C)n2-c2ccccc2)c1. The van der Waals surface area contributed by atoms with Gasteiger partial charge in [-0.3, -0.25) is 9.36 Å². The van der Waals surface area contributed by atoms with Crippen LogP contribution in [0.2, 0.25) is 0 Å². The summed E-state index contributed by atoms with van der Waals surface area (Å²) in [5, 5.41) is 19.4. The molecule has 7 nitrogen and oxygen atoms in total. The number of para-hydroxylation sites is 3. The van der Waals surface area contributed by atoms with E-state index in [0.29, 0.717) is 16.8 Å². The van der Waals surface area contributed by atoms with Crippen molar-refractivity contribution in [2.75, 3.05) is 29.6 Å². The predicted molar refractivity (Wildman–Crippen MR) is 143 cm³/mol. The van der Waals surface area contributed by atoms with Gasteiger partial charge in [-0.1, -0.05) is 65.9 Å². The van der Waals surface area contributed by atoms with Gasteiger partial charge in [0, 0.05) is 25.3 Å². The van der Waals surface area contributed by atoms with E-state index in [1.54, 1.807) is 0 Å². The Morgan fingerprint density at radius 2 is 1.58 bits per heavy atom. The second-order valence-corrected chi connectivity index (χ2v) is 9.42. The number of allylic oxidation sites excluding steroid dienone is 1. The van der Waals surface area contributed by atoms with Gasteiger partial charge in [-0.25, -0.2) is 0 Å². The van der Waals surface area contributed by atoms with Crippen molar-refractivity contribution < 1.29 is 4.79 Å². The van der Waals surface area contributed by atoms with Crippen molar-refractivity contribution in [3.8, 4) is 23.1 Å². The van der Waals surface area contributed by atoms with E-state index in [-0.39, 0.29) is 17.1 Å². The molecule has 0 radical (unpaired) electrons. The van der Waals surface area contributed by atoms with E-state index in [1.165, 1.54) is 11.8 Å². The van der Waals surface area contributed by atoms with Gasteiger partial charge < -0.3 is 9.80 Å². The number of hydrogen-bond donors (Lipinski definition) is 0. The van der Waals surface area contributed by atoms with Crippen LogP contribution in [0.3, 0.4) is 0 Å². The van der Waals surface area contributed by atoms with Crippen LogP contribution in [0.4, 0.5) is 11.4 Å². The molecule has 3 aromatic carbocycles. The third kappa shape index (κ3) is 4.14. The quantitative estimate of drug-likeness (QED) is 0.207. The van der Waals surface area contributed by atoms with Crippen LogP contribution in [-0.4, -0.2) is 40.4 Å². The number of fused-ring (bicyclic) bond motifs is 1. The number of carbonyl (C=O) groups excluding carboxylic acids is 1. The van der Waals surface area contributed by atoms with E-state index in [1.807, 2.05) is 108 Å². The third-order valence-electron chi connectivity index (χ3n) is 6.11. The number of aryl methyl sites for hydroxylation is 1. The fourth-order valence-electron chi connectivity index (χ4n) is 4.40. The van der Waals surface area contributed by atoms with Crippen molar-refractivity contribution in [3.63, 3.8) is 0 Å². The zero-order valence-corrected chi connectivity index (χ0v) is 21.0. The number of rotatable bonds is 6. The van der Waals surface area contributed by atoms with Gasteiger partial charge in [0.15, 0.2) is 16.8 Å². The molecule has 0 unspecified atom stereocenters. The van der Waals surface area contributed by atoms with Crippen molar-refractivity contribution in [2.24, 2.45) is 0 Å². The molecule has 0 amide bonds. The summed E-state index contributed by atoms with van der Waals surface area (Å²) < 4.78 is 1.95. The lowest BCUT2D eigenvalue weighted by molar-refractivity contribution is -0.112. The van der Waals surface area contributed by atoms with E-state index in [4.69, 9.17) is 0 Å². The summed E-state index contributed by atoms with van der Waals surface area (Å²) >= 11 is 1.28. The van der Waals surface area contributed by atoms with Crippen LogP contribution in [0.5, 0.6) is 0 Å². The molecule has 1 aromatic heterocycles. The fraction of sp³-hybridized carbons (Fsp3) is 0.143. The predicted octanol–water partition coefficient (Wildman–Crippen LogP) is 5.23. The molecule has 0 bridgehead atoms. The van der Waals surface area contributed by atoms with Gasteiger partial charge in [0.2, 0.25) is 0 Å². The number of ketones is 1. The highest BCUT2D eigenvalue weighted by molar-refractivity contribution is 7.99. The Kier molecular flexibility index (Phi) is 6.32. The number of nitriles is 1. The van der Waals surface area contributed by atoms with Crippen LogP contribution in [0.25, 0.3) is 17.1 Å². The lowest BCUT2D eigenvalue weighted by Crippen LogP contribution is -2.26. The molecule has 1 aliphatic rings. The first-order chi connectivity index (χ1) is 17.5. The number of benzene rings is 3. The van der Waals surface area contributed by atoms with E-state index in [0.717, 1.165) is 28.2 Å². The average molecular weight is 493 g/mol. The van der Waals surface area contributed by atoms with Crippen molar-refractivity contribution in [1.29, 1.82) is 5.26 Å². The Bertz CT molecular complexity index is 1490. The van der Waals surface area contributed by atoms with Crippen LogP contribution >= 0.6 is 11.8 Å². The highest BCUT2D eigenvalue weighted by atomic mass is 32.2. The normalized spacial score (nSPS) is 12.4. The number of Topliss-reactive ketones (excluding diaryl/α,β-unsaturated/α-hetero) is 1. The van der Waals surface area contributed by atoms with E-state index >= 15 is 0 Å². The molecule has 5 rings (SSSR count). The van der Waals surface area contributed by atoms with Gasteiger partial charge in [-0.2, -0.15) is 5.26 Å². The monoisotopic (exact) mass is 492 g/mol. The molecule has 0 N–H and O–H groups in total. The highest BCUT2D eigenvalue weighted by Gasteiger charge is 2.31. The Balaban J connectivity index is 1.47. The first-order valence-corrected chi connectivity index (χ1v) is 12.4.